The molecule has 0 fully saturated rings. The van der Waals surface area contributed by atoms with Crippen LogP contribution in [0.1, 0.15) is 27.7 Å². The molecule has 0 aromatic rings. The van der Waals surface area contributed by atoms with E-state index in [2.05, 4.69) is 39.3 Å². The Kier molecular flexibility index (Phi) is 7.69. The third-order valence-corrected chi connectivity index (χ3v) is 3.23. The van der Waals surface area contributed by atoms with Gasteiger partial charge in [-0.25, -0.2) is 0 Å². The van der Waals surface area contributed by atoms with Gasteiger partial charge in [0.15, 0.2) is 0 Å². The van der Waals surface area contributed by atoms with Crippen LogP contribution in [-0.2, 0) is 4.74 Å². The molecule has 14 heavy (non-hydrogen) atoms. The lowest BCUT2D eigenvalue weighted by atomic mass is 10.2. The second-order valence-electron chi connectivity index (χ2n) is 4.61. The van der Waals surface area contributed by atoms with Crippen LogP contribution in [0.15, 0.2) is 0 Å². The molecule has 0 heterocycles. The summed E-state index contributed by atoms with van der Waals surface area (Å²) in [6.07, 6.45) is 2.15. The van der Waals surface area contributed by atoms with Gasteiger partial charge in [0, 0.05) is 24.4 Å². The maximum Gasteiger partial charge on any atom is 0.0591 e. The molecular weight excluding hydrogens is 194 g/mol. The first-order valence-electron chi connectivity index (χ1n) is 5.31. The van der Waals surface area contributed by atoms with Gasteiger partial charge in [-0.05, 0) is 26.0 Å². The largest absolute Gasteiger partial charge is 0.380 e. The lowest BCUT2D eigenvalue weighted by molar-refractivity contribution is 0.111. The van der Waals surface area contributed by atoms with Crippen molar-refractivity contribution in [2.24, 2.45) is 5.92 Å². The average Bonchev–Trinajstić information content (AvgIpc) is 2.10. The Morgan fingerprint density at radius 2 is 2.00 bits per heavy atom. The van der Waals surface area contributed by atoms with Gasteiger partial charge in [0.1, 0.15) is 0 Å². The van der Waals surface area contributed by atoms with Crippen molar-refractivity contribution in [1.29, 1.82) is 0 Å². The topological polar surface area (TPSA) is 21.3 Å². The zero-order chi connectivity index (χ0) is 11.0. The van der Waals surface area contributed by atoms with E-state index in [1.807, 2.05) is 11.8 Å². The van der Waals surface area contributed by atoms with Gasteiger partial charge in [0.25, 0.3) is 0 Å². The van der Waals surface area contributed by atoms with Gasteiger partial charge in [-0.15, -0.1) is 0 Å². The van der Waals surface area contributed by atoms with Crippen LogP contribution in [-0.4, -0.2) is 37.3 Å². The molecule has 0 radical (unpaired) electrons. The van der Waals surface area contributed by atoms with E-state index < -0.39 is 0 Å². The predicted molar refractivity (Wildman–Crippen MR) is 66.1 cm³/mol. The van der Waals surface area contributed by atoms with Crippen LogP contribution < -0.4 is 5.32 Å². The van der Waals surface area contributed by atoms with Crippen LogP contribution in [0.5, 0.6) is 0 Å². The Hall–Kier alpha value is 0.270. The number of rotatable bonds is 8. The van der Waals surface area contributed by atoms with Crippen molar-refractivity contribution >= 4 is 11.8 Å². The van der Waals surface area contributed by atoms with Crippen molar-refractivity contribution < 1.29 is 4.74 Å². The Labute approximate surface area is 93.2 Å². The highest BCUT2D eigenvalue weighted by atomic mass is 32.2. The van der Waals surface area contributed by atoms with E-state index >= 15 is 0 Å². The normalized spacial score (nSPS) is 12.4. The van der Waals surface area contributed by atoms with E-state index in [1.54, 1.807) is 0 Å². The Morgan fingerprint density at radius 1 is 1.36 bits per heavy atom. The summed E-state index contributed by atoms with van der Waals surface area (Å²) in [6, 6.07) is 0. The molecule has 86 valence electrons. The number of ether oxygens (including phenoxy) is 1. The lowest BCUT2D eigenvalue weighted by Gasteiger charge is -2.22. The zero-order valence-corrected chi connectivity index (χ0v) is 11.0. The van der Waals surface area contributed by atoms with Gasteiger partial charge < -0.3 is 10.1 Å². The maximum absolute atomic E-state index is 5.47. The van der Waals surface area contributed by atoms with Gasteiger partial charge in [0.05, 0.1) is 6.61 Å². The Balaban J connectivity index is 3.21. The smallest absolute Gasteiger partial charge is 0.0591 e. The van der Waals surface area contributed by atoms with Crippen LogP contribution in [0.25, 0.3) is 0 Å². The predicted octanol–water partition coefficient (Wildman–Crippen LogP) is 2.39. The third kappa shape index (κ3) is 8.85. The molecule has 0 aliphatic heterocycles. The zero-order valence-electron chi connectivity index (χ0n) is 10.2. The van der Waals surface area contributed by atoms with E-state index in [0.29, 0.717) is 10.7 Å². The molecule has 0 spiro atoms. The molecule has 1 N–H and O–H groups in total. The molecule has 2 nitrogen and oxygen atoms in total. The van der Waals surface area contributed by atoms with E-state index in [4.69, 9.17) is 4.74 Å². The molecule has 0 aliphatic carbocycles. The van der Waals surface area contributed by atoms with Crippen molar-refractivity contribution in [1.82, 2.24) is 5.32 Å². The molecule has 0 bridgehead atoms. The monoisotopic (exact) mass is 219 g/mol. The quantitative estimate of drug-likeness (QED) is 0.633. The number of hydrogen-bond donors (Lipinski definition) is 1. The van der Waals surface area contributed by atoms with E-state index in [1.165, 1.54) is 0 Å². The van der Waals surface area contributed by atoms with Crippen molar-refractivity contribution in [3.8, 4) is 0 Å². The van der Waals surface area contributed by atoms with Crippen molar-refractivity contribution in [3.63, 3.8) is 0 Å². The molecule has 0 saturated heterocycles. The summed E-state index contributed by atoms with van der Waals surface area (Å²) >= 11 is 1.89. The SMILES string of the molecule is CSC(C)(C)CNCCOCC(C)C. The molecule has 0 aromatic heterocycles. The highest BCUT2D eigenvalue weighted by Gasteiger charge is 2.14. The first-order chi connectivity index (χ1) is 6.48. The van der Waals surface area contributed by atoms with Crippen molar-refractivity contribution in [3.05, 3.63) is 0 Å². The standard InChI is InChI=1S/C11H25NOS/c1-10(2)8-13-7-6-12-9-11(3,4)14-5/h10,12H,6-9H2,1-5H3. The molecule has 0 aromatic carbocycles. The first kappa shape index (κ1) is 14.3. The molecule has 0 atom stereocenters. The van der Waals surface area contributed by atoms with Crippen LogP contribution in [0.4, 0.5) is 0 Å². The van der Waals surface area contributed by atoms with Gasteiger partial charge in [0.2, 0.25) is 0 Å². The summed E-state index contributed by atoms with van der Waals surface area (Å²) in [5.41, 5.74) is 0. The molecule has 3 heteroatoms. The van der Waals surface area contributed by atoms with Gasteiger partial charge in [-0.2, -0.15) is 11.8 Å². The fourth-order valence-electron chi connectivity index (χ4n) is 0.925. The van der Waals surface area contributed by atoms with Crippen LogP contribution >= 0.6 is 11.8 Å². The molecule has 0 amide bonds. The average molecular weight is 219 g/mol. The summed E-state index contributed by atoms with van der Waals surface area (Å²) in [6.45, 7) is 12.5. The fraction of sp³-hybridized carbons (Fsp3) is 1.00. The Bertz CT molecular complexity index is 137. The van der Waals surface area contributed by atoms with E-state index in [0.717, 1.165) is 26.3 Å². The molecule has 0 saturated carbocycles. The van der Waals surface area contributed by atoms with Gasteiger partial charge in [-0.3, -0.25) is 0 Å². The second kappa shape index (κ2) is 7.55. The third-order valence-electron chi connectivity index (χ3n) is 1.98. The number of nitrogens with one attached hydrogen (secondary N) is 1. The van der Waals surface area contributed by atoms with Crippen LogP contribution in [0.3, 0.4) is 0 Å². The summed E-state index contributed by atoms with van der Waals surface area (Å²) < 4.78 is 5.81. The fourth-order valence-corrected chi connectivity index (χ4v) is 1.17. The minimum Gasteiger partial charge on any atom is -0.380 e. The highest BCUT2D eigenvalue weighted by Crippen LogP contribution is 2.19. The molecular formula is C11H25NOS. The van der Waals surface area contributed by atoms with Gasteiger partial charge in [-0.1, -0.05) is 13.8 Å². The van der Waals surface area contributed by atoms with Crippen LogP contribution in [0, 0.1) is 5.92 Å². The number of thioether (sulfide) groups is 1. The van der Waals surface area contributed by atoms with Crippen LogP contribution in [0.2, 0.25) is 0 Å². The molecule has 0 unspecified atom stereocenters. The summed E-state index contributed by atoms with van der Waals surface area (Å²) in [7, 11) is 0. The van der Waals surface area contributed by atoms with E-state index in [9.17, 15) is 0 Å². The highest BCUT2D eigenvalue weighted by molar-refractivity contribution is 7.99. The summed E-state index contributed by atoms with van der Waals surface area (Å²) in [5.74, 6) is 0.637. The second-order valence-corrected chi connectivity index (χ2v) is 6.12. The van der Waals surface area contributed by atoms with Crippen molar-refractivity contribution in [2.45, 2.75) is 32.4 Å². The van der Waals surface area contributed by atoms with E-state index in [-0.39, 0.29) is 0 Å². The number of hydrogen-bond acceptors (Lipinski definition) is 3. The summed E-state index contributed by atoms with van der Waals surface area (Å²) in [4.78, 5) is 0. The molecule has 0 aliphatic rings. The lowest BCUT2D eigenvalue weighted by Crippen LogP contribution is -2.34. The van der Waals surface area contributed by atoms with Crippen molar-refractivity contribution in [2.75, 3.05) is 32.6 Å². The minimum atomic E-state index is 0.331. The summed E-state index contributed by atoms with van der Waals surface area (Å²) in [5, 5.41) is 3.40. The maximum atomic E-state index is 5.47. The minimum absolute atomic E-state index is 0.331. The Morgan fingerprint density at radius 3 is 2.50 bits per heavy atom. The van der Waals surface area contributed by atoms with Gasteiger partial charge >= 0.3 is 0 Å². The first-order valence-corrected chi connectivity index (χ1v) is 6.54. The molecule has 0 rings (SSSR count).